The molecule has 0 aromatic carbocycles. The monoisotopic (exact) mass is 509 g/mol. The van der Waals surface area contributed by atoms with Gasteiger partial charge in [0.15, 0.2) is 5.96 Å². The van der Waals surface area contributed by atoms with Gasteiger partial charge in [-0.25, -0.2) is 0 Å². The number of rotatable bonds is 5. The van der Waals surface area contributed by atoms with Crippen LogP contribution >= 0.6 is 24.0 Å². The number of amides is 1. The SMILES string of the molecule is CN=C(NCC(C)(C)N1CC(C)OC(C)C1)NC1CCN(C(=O)C(C)C)C1.I. The summed E-state index contributed by atoms with van der Waals surface area (Å²) in [5.41, 5.74) is -0.000754. The van der Waals surface area contributed by atoms with E-state index in [0.717, 1.165) is 45.1 Å². The molecular weight excluding hydrogens is 469 g/mol. The summed E-state index contributed by atoms with van der Waals surface area (Å²) in [4.78, 5) is 21.0. The molecule has 8 heteroatoms. The van der Waals surface area contributed by atoms with Gasteiger partial charge in [-0.15, -0.1) is 24.0 Å². The molecule has 0 spiro atoms. The fourth-order valence-electron chi connectivity index (χ4n) is 3.92. The van der Waals surface area contributed by atoms with E-state index in [1.54, 1.807) is 7.05 Å². The second-order valence-electron chi connectivity index (χ2n) is 8.97. The predicted molar refractivity (Wildman–Crippen MR) is 125 cm³/mol. The predicted octanol–water partition coefficient (Wildman–Crippen LogP) is 1.91. The summed E-state index contributed by atoms with van der Waals surface area (Å²) in [5, 5.41) is 6.97. The molecule has 164 valence electrons. The molecule has 0 radical (unpaired) electrons. The molecule has 2 rings (SSSR count). The average Bonchev–Trinajstić information content (AvgIpc) is 3.05. The summed E-state index contributed by atoms with van der Waals surface area (Å²) in [6.07, 6.45) is 1.47. The number of morpholine rings is 1. The number of ether oxygens (including phenoxy) is 1. The summed E-state index contributed by atoms with van der Waals surface area (Å²) < 4.78 is 5.86. The summed E-state index contributed by atoms with van der Waals surface area (Å²) >= 11 is 0. The van der Waals surface area contributed by atoms with Crippen molar-refractivity contribution in [2.75, 3.05) is 39.8 Å². The Kier molecular flexibility index (Phi) is 9.96. The fraction of sp³-hybridized carbons (Fsp3) is 0.900. The third-order valence-corrected chi connectivity index (χ3v) is 5.52. The van der Waals surface area contributed by atoms with Gasteiger partial charge in [-0.1, -0.05) is 13.8 Å². The second kappa shape index (κ2) is 11.0. The molecular formula is C20H40IN5O2. The molecule has 2 N–H and O–H groups in total. The highest BCUT2D eigenvalue weighted by Gasteiger charge is 2.33. The van der Waals surface area contributed by atoms with Crippen molar-refractivity contribution >= 4 is 35.8 Å². The third-order valence-electron chi connectivity index (χ3n) is 5.52. The van der Waals surface area contributed by atoms with Crippen molar-refractivity contribution in [3.05, 3.63) is 0 Å². The van der Waals surface area contributed by atoms with Crippen molar-refractivity contribution in [2.24, 2.45) is 10.9 Å². The minimum atomic E-state index is -0.000754. The van der Waals surface area contributed by atoms with Crippen LogP contribution in [0.15, 0.2) is 4.99 Å². The number of carbonyl (C=O) groups is 1. The van der Waals surface area contributed by atoms with Crippen molar-refractivity contribution in [3.63, 3.8) is 0 Å². The first kappa shape index (κ1) is 25.4. The topological polar surface area (TPSA) is 69.2 Å². The summed E-state index contributed by atoms with van der Waals surface area (Å²) in [5.74, 6) is 1.10. The van der Waals surface area contributed by atoms with Gasteiger partial charge in [-0.05, 0) is 34.1 Å². The Hall–Kier alpha value is -0.610. The minimum Gasteiger partial charge on any atom is -0.373 e. The van der Waals surface area contributed by atoms with Gasteiger partial charge in [0.05, 0.1) is 12.2 Å². The van der Waals surface area contributed by atoms with Crippen LogP contribution in [0.1, 0.15) is 48.0 Å². The molecule has 1 amide bonds. The van der Waals surface area contributed by atoms with Crippen LogP contribution in [0.25, 0.3) is 0 Å². The van der Waals surface area contributed by atoms with Crippen LogP contribution in [0.5, 0.6) is 0 Å². The Bertz CT molecular complexity index is 531. The number of nitrogens with one attached hydrogen (secondary N) is 2. The van der Waals surface area contributed by atoms with Crippen LogP contribution in [0.3, 0.4) is 0 Å². The first-order valence-corrected chi connectivity index (χ1v) is 10.3. The van der Waals surface area contributed by atoms with Crippen molar-refractivity contribution in [3.8, 4) is 0 Å². The summed E-state index contributed by atoms with van der Waals surface area (Å²) in [6.45, 7) is 17.0. The maximum Gasteiger partial charge on any atom is 0.225 e. The van der Waals surface area contributed by atoms with Crippen molar-refractivity contribution in [1.82, 2.24) is 20.4 Å². The van der Waals surface area contributed by atoms with Crippen LogP contribution in [0, 0.1) is 5.92 Å². The number of nitrogens with zero attached hydrogens (tertiary/aromatic N) is 3. The highest BCUT2D eigenvalue weighted by atomic mass is 127. The lowest BCUT2D eigenvalue weighted by Gasteiger charge is -2.45. The minimum absolute atomic E-state index is 0. The number of halogens is 1. The second-order valence-corrected chi connectivity index (χ2v) is 8.97. The van der Waals surface area contributed by atoms with Gasteiger partial charge in [0, 0.05) is 57.3 Å². The largest absolute Gasteiger partial charge is 0.373 e. The van der Waals surface area contributed by atoms with E-state index in [-0.39, 0.29) is 59.6 Å². The zero-order valence-electron chi connectivity index (χ0n) is 18.6. The maximum absolute atomic E-state index is 12.2. The van der Waals surface area contributed by atoms with E-state index in [2.05, 4.69) is 48.2 Å². The average molecular weight is 509 g/mol. The van der Waals surface area contributed by atoms with Gasteiger partial charge in [-0.2, -0.15) is 0 Å². The number of likely N-dealkylation sites (tertiary alicyclic amines) is 1. The first-order valence-electron chi connectivity index (χ1n) is 10.3. The third kappa shape index (κ3) is 7.02. The Balaban J connectivity index is 0.00000392. The van der Waals surface area contributed by atoms with Gasteiger partial charge in [0.25, 0.3) is 0 Å². The lowest BCUT2D eigenvalue weighted by molar-refractivity contribution is -0.133. The molecule has 7 nitrogen and oxygen atoms in total. The number of hydrogen-bond acceptors (Lipinski definition) is 4. The van der Waals surface area contributed by atoms with E-state index in [0.29, 0.717) is 0 Å². The van der Waals surface area contributed by atoms with Crippen molar-refractivity contribution < 1.29 is 9.53 Å². The van der Waals surface area contributed by atoms with Crippen molar-refractivity contribution in [1.29, 1.82) is 0 Å². The molecule has 0 aromatic heterocycles. The fourth-order valence-corrected chi connectivity index (χ4v) is 3.92. The number of aliphatic imine (C=N–C) groups is 1. The molecule has 2 aliphatic rings. The highest BCUT2D eigenvalue weighted by molar-refractivity contribution is 14.0. The Labute approximate surface area is 188 Å². The van der Waals surface area contributed by atoms with E-state index >= 15 is 0 Å². The van der Waals surface area contributed by atoms with Crippen LogP contribution in [0.4, 0.5) is 0 Å². The van der Waals surface area contributed by atoms with Crippen LogP contribution in [-0.4, -0.2) is 85.2 Å². The molecule has 2 saturated heterocycles. The molecule has 2 aliphatic heterocycles. The summed E-state index contributed by atoms with van der Waals surface area (Å²) in [7, 11) is 1.80. The van der Waals surface area contributed by atoms with E-state index in [1.807, 2.05) is 18.7 Å². The zero-order chi connectivity index (χ0) is 20.2. The number of carbonyl (C=O) groups excluding carboxylic acids is 1. The zero-order valence-corrected chi connectivity index (χ0v) is 20.9. The van der Waals surface area contributed by atoms with Gasteiger partial charge in [-0.3, -0.25) is 14.7 Å². The molecule has 0 saturated carbocycles. The van der Waals surface area contributed by atoms with E-state index in [9.17, 15) is 4.79 Å². The van der Waals surface area contributed by atoms with Gasteiger partial charge >= 0.3 is 0 Å². The lowest BCUT2D eigenvalue weighted by atomic mass is 10.00. The van der Waals surface area contributed by atoms with Gasteiger partial charge in [0.1, 0.15) is 0 Å². The normalized spacial score (nSPS) is 26.9. The molecule has 2 fully saturated rings. The van der Waals surface area contributed by atoms with E-state index in [4.69, 9.17) is 4.74 Å². The molecule has 0 bridgehead atoms. The molecule has 3 atom stereocenters. The smallest absolute Gasteiger partial charge is 0.225 e. The maximum atomic E-state index is 12.2. The Morgan fingerprint density at radius 2 is 1.82 bits per heavy atom. The Morgan fingerprint density at radius 1 is 1.21 bits per heavy atom. The van der Waals surface area contributed by atoms with Gasteiger partial charge < -0.3 is 20.3 Å². The molecule has 28 heavy (non-hydrogen) atoms. The van der Waals surface area contributed by atoms with Crippen molar-refractivity contribution in [2.45, 2.75) is 71.8 Å². The number of guanidine groups is 1. The van der Waals surface area contributed by atoms with E-state index in [1.165, 1.54) is 0 Å². The number of hydrogen-bond donors (Lipinski definition) is 2. The molecule has 0 aromatic rings. The van der Waals surface area contributed by atoms with Gasteiger partial charge in [0.2, 0.25) is 5.91 Å². The highest BCUT2D eigenvalue weighted by Crippen LogP contribution is 2.20. The van der Waals surface area contributed by atoms with Crippen LogP contribution in [-0.2, 0) is 9.53 Å². The van der Waals surface area contributed by atoms with Crippen LogP contribution < -0.4 is 10.6 Å². The van der Waals surface area contributed by atoms with E-state index < -0.39 is 0 Å². The first-order chi connectivity index (χ1) is 12.6. The quantitative estimate of drug-likeness (QED) is 0.337. The molecule has 0 aliphatic carbocycles. The van der Waals surface area contributed by atoms with Crippen LogP contribution in [0.2, 0.25) is 0 Å². The summed E-state index contributed by atoms with van der Waals surface area (Å²) in [6, 6.07) is 0.255. The molecule has 3 unspecified atom stereocenters. The standard InChI is InChI=1S/C20H39N5O2.HI/c1-14(2)18(26)24-9-8-17(12-24)23-19(21-7)22-13-20(5,6)25-10-15(3)27-16(4)11-25;/h14-17H,8-13H2,1-7H3,(H2,21,22,23);1H. The Morgan fingerprint density at radius 3 is 2.36 bits per heavy atom. The lowest BCUT2D eigenvalue weighted by Crippen LogP contribution is -2.59. The molecule has 2 heterocycles.